The molecule has 1 saturated carbocycles. The quantitative estimate of drug-likeness (QED) is 0.639. The Bertz CT molecular complexity index is 173. The predicted molar refractivity (Wildman–Crippen MR) is 63.6 cm³/mol. The fraction of sp³-hybridized carbons (Fsp3) is 0.923. The van der Waals surface area contributed by atoms with Crippen LogP contribution < -0.4 is 0 Å². The van der Waals surface area contributed by atoms with E-state index in [4.69, 9.17) is 5.73 Å². The molecule has 1 aliphatic rings. The average molecular weight is 258 g/mol. The fourth-order valence-corrected chi connectivity index (χ4v) is 2.43. The second-order valence-corrected chi connectivity index (χ2v) is 4.82. The van der Waals surface area contributed by atoms with E-state index in [2.05, 4.69) is 0 Å². The number of rotatable bonds is 1. The molecule has 0 aromatic heterocycles. The van der Waals surface area contributed by atoms with E-state index in [1.165, 1.54) is 44.9 Å². The third-order valence-corrected chi connectivity index (χ3v) is 3.48. The molecule has 0 atom stereocenters. The molecule has 1 rings (SSSR count). The molecule has 0 unspecified atom stereocenters. The third-order valence-electron chi connectivity index (χ3n) is 3.48. The minimum Gasteiger partial charge on any atom is -0.668 e. The Morgan fingerprint density at radius 3 is 1.38 bits per heavy atom. The van der Waals surface area contributed by atoms with Crippen LogP contribution in [0.15, 0.2) is 0 Å². The predicted octanol–water partition coefficient (Wildman–Crippen LogP) is 4.48. The van der Waals surface area contributed by atoms with Crippen molar-refractivity contribution in [2.45, 2.75) is 70.6 Å². The molecule has 92 valence electrons. The van der Waals surface area contributed by atoms with Crippen LogP contribution >= 0.6 is 0 Å². The van der Waals surface area contributed by atoms with Crippen LogP contribution in [0.4, 0.5) is 0 Å². The zero-order valence-electron chi connectivity index (χ0n) is 10.3. The fourth-order valence-electron chi connectivity index (χ4n) is 2.43. The maximum Gasteiger partial charge on any atom is 0.0519 e. The van der Waals surface area contributed by atoms with Crippen molar-refractivity contribution >= 4 is 5.91 Å². The molecule has 1 aliphatic carbocycles. The van der Waals surface area contributed by atoms with E-state index in [-0.39, 0.29) is 33.5 Å². The van der Waals surface area contributed by atoms with Crippen molar-refractivity contribution in [2.75, 3.05) is 0 Å². The van der Waals surface area contributed by atoms with Crippen LogP contribution in [0.25, 0.3) is 5.73 Å². The summed E-state index contributed by atoms with van der Waals surface area (Å²) in [5, 5.41) is 0. The van der Waals surface area contributed by atoms with Gasteiger partial charge in [-0.05, 0) is 12.8 Å². The summed E-state index contributed by atoms with van der Waals surface area (Å²) in [5.74, 6) is -0.281. The molecule has 0 heterocycles. The van der Waals surface area contributed by atoms with E-state index in [0.29, 0.717) is 0 Å². The van der Waals surface area contributed by atoms with E-state index in [1.807, 2.05) is 0 Å². The summed E-state index contributed by atoms with van der Waals surface area (Å²) in [6.07, 6.45) is 13.5. The smallest absolute Gasteiger partial charge is 0.0519 e. The van der Waals surface area contributed by atoms with Crippen LogP contribution in [0.3, 0.4) is 0 Å². The molecular formula is C13H24NOTi-. The van der Waals surface area contributed by atoms with Crippen molar-refractivity contribution in [1.82, 2.24) is 0 Å². The van der Waals surface area contributed by atoms with Gasteiger partial charge in [0.15, 0.2) is 0 Å². The molecule has 0 aromatic rings. The van der Waals surface area contributed by atoms with Crippen molar-refractivity contribution in [3.05, 3.63) is 5.73 Å². The van der Waals surface area contributed by atoms with Gasteiger partial charge < -0.3 is 10.5 Å². The van der Waals surface area contributed by atoms with Gasteiger partial charge in [-0.2, -0.15) is 0 Å². The van der Waals surface area contributed by atoms with Crippen LogP contribution in [-0.2, 0) is 26.5 Å². The number of nitrogens with one attached hydrogen (secondary N) is 1. The molecule has 2 nitrogen and oxygen atoms in total. The van der Waals surface area contributed by atoms with Crippen LogP contribution in [0.2, 0.25) is 0 Å². The molecule has 0 aromatic carbocycles. The zero-order valence-corrected chi connectivity index (χ0v) is 11.8. The summed E-state index contributed by atoms with van der Waals surface area (Å²) in [6, 6.07) is 0. The first-order valence-corrected chi connectivity index (χ1v) is 6.56. The Labute approximate surface area is 115 Å². The number of hydrogen-bond donors (Lipinski definition) is 0. The van der Waals surface area contributed by atoms with Crippen LogP contribution in [-0.4, -0.2) is 5.91 Å². The van der Waals surface area contributed by atoms with E-state index in [9.17, 15) is 4.79 Å². The van der Waals surface area contributed by atoms with E-state index >= 15 is 0 Å². The standard InChI is InChI=1S/C13H25NO.Ti/c14-13(15)12-10-8-6-4-2-1-3-5-7-9-11-12;/h12H,1-11H2,(H2,14,15);/p-1. The minimum atomic E-state index is -0.327. The van der Waals surface area contributed by atoms with Gasteiger partial charge in [-0.15, -0.1) is 0 Å². The van der Waals surface area contributed by atoms with Gasteiger partial charge in [0.05, 0.1) is 5.91 Å². The molecule has 0 radical (unpaired) electrons. The summed E-state index contributed by atoms with van der Waals surface area (Å²) in [5.41, 5.74) is 7.23. The summed E-state index contributed by atoms with van der Waals surface area (Å²) in [4.78, 5) is 11.1. The van der Waals surface area contributed by atoms with Gasteiger partial charge in [0.25, 0.3) is 0 Å². The number of hydrogen-bond acceptors (Lipinski definition) is 1. The monoisotopic (exact) mass is 258 g/mol. The molecular weight excluding hydrogens is 234 g/mol. The first-order chi connectivity index (χ1) is 7.30. The van der Waals surface area contributed by atoms with Crippen LogP contribution in [0.1, 0.15) is 70.6 Å². The first-order valence-electron chi connectivity index (χ1n) is 6.56. The normalized spacial score (nSPS) is 21.2. The van der Waals surface area contributed by atoms with E-state index in [0.717, 1.165) is 25.7 Å². The Hall–Kier alpha value is 0.184. The van der Waals surface area contributed by atoms with Crippen LogP contribution in [0.5, 0.6) is 0 Å². The molecule has 0 saturated heterocycles. The molecule has 0 aliphatic heterocycles. The molecule has 0 spiro atoms. The summed E-state index contributed by atoms with van der Waals surface area (Å²) >= 11 is 0. The van der Waals surface area contributed by atoms with Gasteiger partial charge in [-0.25, -0.2) is 0 Å². The van der Waals surface area contributed by atoms with Crippen molar-refractivity contribution in [3.63, 3.8) is 0 Å². The summed E-state index contributed by atoms with van der Waals surface area (Å²) < 4.78 is 0. The third kappa shape index (κ3) is 7.46. The number of amides is 1. The van der Waals surface area contributed by atoms with Crippen molar-refractivity contribution in [3.8, 4) is 0 Å². The number of carbonyl (C=O) groups is 1. The molecule has 0 bridgehead atoms. The summed E-state index contributed by atoms with van der Waals surface area (Å²) in [6.45, 7) is 0. The first kappa shape index (κ1) is 16.2. The van der Waals surface area contributed by atoms with Gasteiger partial charge in [-0.3, -0.25) is 0 Å². The molecule has 3 heteroatoms. The Kier molecular flexibility index (Phi) is 10.5. The second-order valence-electron chi connectivity index (χ2n) is 4.82. The largest absolute Gasteiger partial charge is 0.668 e. The van der Waals surface area contributed by atoms with Gasteiger partial charge in [0.2, 0.25) is 0 Å². The Balaban J connectivity index is 0.00000225. The molecule has 1 amide bonds. The van der Waals surface area contributed by atoms with E-state index in [1.54, 1.807) is 0 Å². The van der Waals surface area contributed by atoms with Gasteiger partial charge >= 0.3 is 0 Å². The maximum atomic E-state index is 11.1. The van der Waals surface area contributed by atoms with Crippen LogP contribution in [0, 0.1) is 5.92 Å². The molecule has 1 fully saturated rings. The Morgan fingerprint density at radius 1 is 0.750 bits per heavy atom. The Morgan fingerprint density at radius 2 is 1.06 bits per heavy atom. The SMILES string of the molecule is [NH-]C(=O)C1CCCCCCCCCCC1.[Ti]. The van der Waals surface area contributed by atoms with Gasteiger partial charge in [0, 0.05) is 27.6 Å². The van der Waals surface area contributed by atoms with Gasteiger partial charge in [0.1, 0.15) is 0 Å². The van der Waals surface area contributed by atoms with Gasteiger partial charge in [-0.1, -0.05) is 57.8 Å². The van der Waals surface area contributed by atoms with Crippen molar-refractivity contribution in [2.24, 2.45) is 5.92 Å². The summed E-state index contributed by atoms with van der Waals surface area (Å²) in [7, 11) is 0. The second kappa shape index (κ2) is 10.3. The average Bonchev–Trinajstić information content (AvgIpc) is 2.18. The van der Waals surface area contributed by atoms with Crippen molar-refractivity contribution in [1.29, 1.82) is 0 Å². The maximum absolute atomic E-state index is 11.1. The minimum absolute atomic E-state index is 0. The topological polar surface area (TPSA) is 40.9 Å². The molecule has 16 heavy (non-hydrogen) atoms. The molecule has 1 N–H and O–H groups in total. The van der Waals surface area contributed by atoms with Crippen molar-refractivity contribution < 1.29 is 26.5 Å². The number of carbonyl (C=O) groups excluding carboxylic acids is 1. The zero-order chi connectivity index (χ0) is 10.9. The van der Waals surface area contributed by atoms with E-state index < -0.39 is 0 Å².